The largest absolute Gasteiger partial charge is 0.395 e. The summed E-state index contributed by atoms with van der Waals surface area (Å²) in [6, 6.07) is 10.6. The molecular formula is C14H15N3O4S. The molecule has 1 heterocycles. The fourth-order valence-electron chi connectivity index (χ4n) is 1.67. The Morgan fingerprint density at radius 3 is 2.45 bits per heavy atom. The van der Waals surface area contributed by atoms with Gasteiger partial charge >= 0.3 is 0 Å². The van der Waals surface area contributed by atoms with Gasteiger partial charge < -0.3 is 10.4 Å². The molecule has 0 saturated heterocycles. The smallest absolute Gasteiger partial charge is 0.256 e. The molecule has 8 heteroatoms. The molecule has 0 saturated carbocycles. The normalized spacial score (nSPS) is 11.1. The van der Waals surface area contributed by atoms with E-state index in [0.717, 1.165) is 0 Å². The van der Waals surface area contributed by atoms with E-state index in [4.69, 9.17) is 5.11 Å². The van der Waals surface area contributed by atoms with Gasteiger partial charge in [0.25, 0.3) is 5.91 Å². The van der Waals surface area contributed by atoms with E-state index < -0.39 is 10.0 Å². The molecular weight excluding hydrogens is 306 g/mol. The molecule has 0 bridgehead atoms. The molecule has 0 aliphatic heterocycles. The first-order chi connectivity index (χ1) is 10.5. The van der Waals surface area contributed by atoms with Crippen LogP contribution in [0, 0.1) is 0 Å². The van der Waals surface area contributed by atoms with E-state index in [1.807, 2.05) is 0 Å². The van der Waals surface area contributed by atoms with Gasteiger partial charge in [0.1, 0.15) is 5.82 Å². The maximum atomic E-state index is 12.0. The van der Waals surface area contributed by atoms with Crippen LogP contribution in [0.2, 0.25) is 0 Å². The second kappa shape index (κ2) is 7.12. The minimum absolute atomic E-state index is 0.0235. The van der Waals surface area contributed by atoms with Crippen molar-refractivity contribution in [2.24, 2.45) is 0 Å². The predicted octanol–water partition coefficient (Wildman–Crippen LogP) is 0.604. The molecule has 0 unspecified atom stereocenters. The van der Waals surface area contributed by atoms with Gasteiger partial charge in [0.05, 0.1) is 11.5 Å². The van der Waals surface area contributed by atoms with Crippen LogP contribution in [0.15, 0.2) is 53.6 Å². The van der Waals surface area contributed by atoms with Gasteiger partial charge in [-0.2, -0.15) is 0 Å². The standard InChI is InChI=1S/C14H15N3O4S/c18-10-9-16-22(20,21)12-6-4-11(5-7-12)14(19)17-13-3-1-2-8-15-13/h1-8,16,18H,9-10H2,(H,15,17,19). The number of aliphatic hydroxyl groups is 1. The molecule has 2 aromatic rings. The highest BCUT2D eigenvalue weighted by atomic mass is 32.2. The summed E-state index contributed by atoms with van der Waals surface area (Å²) in [6.45, 7) is -0.353. The van der Waals surface area contributed by atoms with Crippen molar-refractivity contribution in [1.29, 1.82) is 0 Å². The third-order valence-electron chi connectivity index (χ3n) is 2.74. The highest BCUT2D eigenvalue weighted by Gasteiger charge is 2.14. The lowest BCUT2D eigenvalue weighted by Crippen LogP contribution is -2.26. The van der Waals surface area contributed by atoms with Gasteiger partial charge in [-0.25, -0.2) is 18.1 Å². The number of hydrogen-bond donors (Lipinski definition) is 3. The fraction of sp³-hybridized carbons (Fsp3) is 0.143. The van der Waals surface area contributed by atoms with Crippen LogP contribution in [0.4, 0.5) is 5.82 Å². The summed E-state index contributed by atoms with van der Waals surface area (Å²) in [5, 5.41) is 11.3. The van der Waals surface area contributed by atoms with Crippen molar-refractivity contribution in [3.63, 3.8) is 0 Å². The summed E-state index contributed by atoms with van der Waals surface area (Å²) >= 11 is 0. The SMILES string of the molecule is O=C(Nc1ccccn1)c1ccc(S(=O)(=O)NCCO)cc1. The third-order valence-corrected chi connectivity index (χ3v) is 4.21. The second-order valence-electron chi connectivity index (χ2n) is 4.31. The number of amides is 1. The molecule has 3 N–H and O–H groups in total. The van der Waals surface area contributed by atoms with Crippen LogP contribution in [0.1, 0.15) is 10.4 Å². The molecule has 1 amide bonds. The number of aromatic nitrogens is 1. The van der Waals surface area contributed by atoms with Crippen molar-refractivity contribution in [2.45, 2.75) is 4.90 Å². The molecule has 0 aliphatic rings. The average Bonchev–Trinajstić information content (AvgIpc) is 2.54. The van der Waals surface area contributed by atoms with E-state index >= 15 is 0 Å². The number of carbonyl (C=O) groups excluding carboxylic acids is 1. The fourth-order valence-corrected chi connectivity index (χ4v) is 2.70. The Morgan fingerprint density at radius 1 is 1.14 bits per heavy atom. The Kier molecular flexibility index (Phi) is 5.21. The predicted molar refractivity (Wildman–Crippen MR) is 80.9 cm³/mol. The van der Waals surface area contributed by atoms with Gasteiger partial charge in [-0.05, 0) is 36.4 Å². The lowest BCUT2D eigenvalue weighted by Gasteiger charge is -2.07. The maximum absolute atomic E-state index is 12.0. The quantitative estimate of drug-likeness (QED) is 0.722. The number of hydrogen-bond acceptors (Lipinski definition) is 5. The number of carbonyl (C=O) groups is 1. The third kappa shape index (κ3) is 4.10. The number of benzene rings is 1. The van der Waals surface area contributed by atoms with Gasteiger partial charge in [-0.1, -0.05) is 6.07 Å². The number of anilines is 1. The van der Waals surface area contributed by atoms with Crippen LogP contribution in [0.5, 0.6) is 0 Å². The van der Waals surface area contributed by atoms with Gasteiger partial charge in [0.15, 0.2) is 0 Å². The first-order valence-electron chi connectivity index (χ1n) is 6.46. The van der Waals surface area contributed by atoms with Crippen molar-refractivity contribution < 1.29 is 18.3 Å². The Morgan fingerprint density at radius 2 is 1.86 bits per heavy atom. The molecule has 0 radical (unpaired) electrons. The van der Waals surface area contributed by atoms with E-state index in [1.54, 1.807) is 24.4 Å². The zero-order valence-corrected chi connectivity index (χ0v) is 12.4. The molecule has 116 valence electrons. The molecule has 22 heavy (non-hydrogen) atoms. The summed E-state index contributed by atoms with van der Waals surface area (Å²) < 4.78 is 25.9. The molecule has 1 aromatic carbocycles. The summed E-state index contributed by atoms with van der Waals surface area (Å²) in [5.41, 5.74) is 0.312. The minimum Gasteiger partial charge on any atom is -0.395 e. The highest BCUT2D eigenvalue weighted by Crippen LogP contribution is 2.12. The zero-order chi connectivity index (χ0) is 16.0. The zero-order valence-electron chi connectivity index (χ0n) is 11.6. The van der Waals surface area contributed by atoms with E-state index in [2.05, 4.69) is 15.0 Å². The maximum Gasteiger partial charge on any atom is 0.256 e. The van der Waals surface area contributed by atoms with Crippen LogP contribution >= 0.6 is 0 Å². The monoisotopic (exact) mass is 321 g/mol. The van der Waals surface area contributed by atoms with E-state index in [9.17, 15) is 13.2 Å². The van der Waals surface area contributed by atoms with Crippen molar-refractivity contribution >= 4 is 21.7 Å². The number of nitrogens with zero attached hydrogens (tertiary/aromatic N) is 1. The van der Waals surface area contributed by atoms with Gasteiger partial charge in [-0.3, -0.25) is 4.79 Å². The number of sulfonamides is 1. The Hall–Kier alpha value is -2.29. The molecule has 7 nitrogen and oxygen atoms in total. The van der Waals surface area contributed by atoms with Crippen molar-refractivity contribution in [3.05, 3.63) is 54.2 Å². The van der Waals surface area contributed by atoms with E-state index in [1.165, 1.54) is 24.3 Å². The van der Waals surface area contributed by atoms with Gasteiger partial charge in [0, 0.05) is 18.3 Å². The Bertz CT molecular complexity index is 730. The highest BCUT2D eigenvalue weighted by molar-refractivity contribution is 7.89. The number of pyridine rings is 1. The molecule has 2 rings (SSSR count). The number of aliphatic hydroxyl groups excluding tert-OH is 1. The second-order valence-corrected chi connectivity index (χ2v) is 6.08. The lowest BCUT2D eigenvalue weighted by molar-refractivity contribution is 0.102. The first-order valence-corrected chi connectivity index (χ1v) is 7.94. The summed E-state index contributed by atoms with van der Waals surface area (Å²) in [4.78, 5) is 16.0. The van der Waals surface area contributed by atoms with Crippen LogP contribution in [0.3, 0.4) is 0 Å². The van der Waals surface area contributed by atoms with Crippen molar-refractivity contribution in [3.8, 4) is 0 Å². The van der Waals surface area contributed by atoms with Crippen molar-refractivity contribution in [1.82, 2.24) is 9.71 Å². The number of rotatable bonds is 6. The number of nitrogens with one attached hydrogen (secondary N) is 2. The molecule has 0 atom stereocenters. The average molecular weight is 321 g/mol. The molecule has 0 aliphatic carbocycles. The summed E-state index contributed by atoms with van der Waals surface area (Å²) in [6.07, 6.45) is 1.55. The van der Waals surface area contributed by atoms with Crippen LogP contribution in [0.25, 0.3) is 0 Å². The Balaban J connectivity index is 2.10. The first kappa shape index (κ1) is 16.1. The molecule has 1 aromatic heterocycles. The topological polar surface area (TPSA) is 108 Å². The van der Waals surface area contributed by atoms with Gasteiger partial charge in [0.2, 0.25) is 10.0 Å². The van der Waals surface area contributed by atoms with Crippen LogP contribution in [-0.4, -0.2) is 37.6 Å². The van der Waals surface area contributed by atoms with E-state index in [0.29, 0.717) is 11.4 Å². The molecule has 0 spiro atoms. The minimum atomic E-state index is -3.68. The van der Waals surface area contributed by atoms with Crippen LogP contribution in [-0.2, 0) is 10.0 Å². The molecule has 0 fully saturated rings. The van der Waals surface area contributed by atoms with Crippen LogP contribution < -0.4 is 10.0 Å². The summed E-state index contributed by atoms with van der Waals surface area (Å²) in [5.74, 6) is 0.0276. The lowest BCUT2D eigenvalue weighted by atomic mass is 10.2. The Labute approximate surface area is 128 Å². The summed E-state index contributed by atoms with van der Waals surface area (Å²) in [7, 11) is -3.68. The van der Waals surface area contributed by atoms with Crippen molar-refractivity contribution in [2.75, 3.05) is 18.5 Å². The van der Waals surface area contributed by atoms with Gasteiger partial charge in [-0.15, -0.1) is 0 Å². The van der Waals surface area contributed by atoms with E-state index in [-0.39, 0.29) is 24.0 Å².